The first-order valence-corrected chi connectivity index (χ1v) is 16.5. The molecule has 0 aliphatic heterocycles. The molecule has 1 atom stereocenters. The molecule has 1 unspecified atom stereocenters. The Morgan fingerprint density at radius 3 is 1.67 bits per heavy atom. The summed E-state index contributed by atoms with van der Waals surface area (Å²) in [6.07, 6.45) is 39.1. The number of ether oxygens (including phenoxy) is 1. The van der Waals surface area contributed by atoms with Crippen LogP contribution in [0.1, 0.15) is 168 Å². The van der Waals surface area contributed by atoms with Crippen LogP contribution in [0.2, 0.25) is 0 Å². The van der Waals surface area contributed by atoms with Crippen molar-refractivity contribution in [3.63, 3.8) is 0 Å². The molecule has 0 aliphatic rings. The van der Waals surface area contributed by atoms with Crippen LogP contribution >= 0.6 is 0 Å². The number of carbonyl (C=O) groups excluding carboxylic acids is 1. The van der Waals surface area contributed by atoms with Crippen LogP contribution in [-0.2, 0) is 14.3 Å². The fourth-order valence-electron chi connectivity index (χ4n) is 4.71. The Labute approximate surface area is 241 Å². The van der Waals surface area contributed by atoms with Gasteiger partial charge in [-0.15, -0.1) is 0 Å². The average Bonchev–Trinajstić information content (AvgIpc) is 2.92. The van der Waals surface area contributed by atoms with E-state index >= 15 is 0 Å². The number of hydrogen-bond donors (Lipinski definition) is 1. The maximum absolute atomic E-state index is 12.4. The van der Waals surface area contributed by atoms with Crippen molar-refractivity contribution in [3.8, 4) is 0 Å². The number of hydrogen-bond acceptors (Lipinski definition) is 3. The highest BCUT2D eigenvalue weighted by Crippen LogP contribution is 2.17. The second-order valence-corrected chi connectivity index (χ2v) is 11.0. The Bertz CT molecular complexity index is 635. The Balaban J connectivity index is 3.69. The normalized spacial score (nSPS) is 12.7. The van der Waals surface area contributed by atoms with Crippen molar-refractivity contribution in [2.24, 2.45) is 0 Å². The van der Waals surface area contributed by atoms with Crippen LogP contribution in [0.15, 0.2) is 36.5 Å². The van der Waals surface area contributed by atoms with Crippen LogP contribution in [0, 0.1) is 0 Å². The van der Waals surface area contributed by atoms with Crippen LogP contribution in [0.4, 0.5) is 0 Å². The molecular weight excluding hydrogens is 484 g/mol. The zero-order chi connectivity index (χ0) is 28.7. The van der Waals surface area contributed by atoms with Gasteiger partial charge in [0.1, 0.15) is 6.10 Å². The summed E-state index contributed by atoms with van der Waals surface area (Å²) in [5.41, 5.74) is 0. The number of unbranched alkanes of at least 4 members (excludes halogenated alkanes) is 14. The maximum Gasteiger partial charge on any atom is 0.306 e. The fourth-order valence-corrected chi connectivity index (χ4v) is 4.71. The molecule has 0 heterocycles. The molecule has 226 valence electrons. The molecule has 4 heteroatoms. The third-order valence-electron chi connectivity index (χ3n) is 7.13. The van der Waals surface area contributed by atoms with Crippen molar-refractivity contribution in [3.05, 3.63) is 36.5 Å². The van der Waals surface area contributed by atoms with Gasteiger partial charge >= 0.3 is 11.9 Å². The van der Waals surface area contributed by atoms with Gasteiger partial charge in [-0.3, -0.25) is 9.59 Å². The molecular formula is C35H62O4. The number of allylic oxidation sites excluding steroid dienone is 6. The second kappa shape index (κ2) is 30.7. The molecule has 0 fully saturated rings. The minimum absolute atomic E-state index is 0.00594. The van der Waals surface area contributed by atoms with E-state index in [0.29, 0.717) is 12.8 Å². The van der Waals surface area contributed by atoms with E-state index in [-0.39, 0.29) is 12.1 Å². The maximum atomic E-state index is 12.4. The van der Waals surface area contributed by atoms with Crippen molar-refractivity contribution in [2.75, 3.05) is 0 Å². The summed E-state index contributed by atoms with van der Waals surface area (Å²) in [4.78, 5) is 22.9. The summed E-state index contributed by atoms with van der Waals surface area (Å²) in [6.45, 7) is 4.35. The number of carbonyl (C=O) groups is 2. The Hall–Kier alpha value is -1.84. The van der Waals surface area contributed by atoms with Crippen molar-refractivity contribution in [2.45, 2.75) is 174 Å². The molecule has 1 N–H and O–H groups in total. The Kier molecular flexibility index (Phi) is 29.2. The van der Waals surface area contributed by atoms with Crippen molar-refractivity contribution >= 4 is 11.9 Å². The van der Waals surface area contributed by atoms with Crippen LogP contribution < -0.4 is 0 Å². The zero-order valence-electron chi connectivity index (χ0n) is 25.7. The first-order chi connectivity index (χ1) is 19.1. The molecule has 0 bridgehead atoms. The minimum Gasteiger partial charge on any atom is -0.481 e. The van der Waals surface area contributed by atoms with Crippen molar-refractivity contribution in [1.29, 1.82) is 0 Å². The van der Waals surface area contributed by atoms with Crippen LogP contribution in [-0.4, -0.2) is 23.1 Å². The molecule has 4 nitrogen and oxygen atoms in total. The highest BCUT2D eigenvalue weighted by molar-refractivity contribution is 5.69. The smallest absolute Gasteiger partial charge is 0.306 e. The topological polar surface area (TPSA) is 63.6 Å². The number of carboxylic acid groups (broad SMARTS) is 1. The lowest BCUT2D eigenvalue weighted by atomic mass is 10.0. The van der Waals surface area contributed by atoms with E-state index in [4.69, 9.17) is 9.84 Å². The third-order valence-corrected chi connectivity index (χ3v) is 7.13. The lowest BCUT2D eigenvalue weighted by molar-refractivity contribution is -0.150. The number of rotatable bonds is 29. The molecule has 0 aromatic carbocycles. The summed E-state index contributed by atoms with van der Waals surface area (Å²) in [5, 5.41) is 8.68. The highest BCUT2D eigenvalue weighted by atomic mass is 16.5. The quantitative estimate of drug-likeness (QED) is 0.0575. The fraction of sp³-hybridized carbons (Fsp3) is 0.771. The Morgan fingerprint density at radius 1 is 0.590 bits per heavy atom. The lowest BCUT2D eigenvalue weighted by Gasteiger charge is -2.18. The highest BCUT2D eigenvalue weighted by Gasteiger charge is 2.13. The molecule has 0 rings (SSSR count). The summed E-state index contributed by atoms with van der Waals surface area (Å²) in [5.74, 6) is -0.698. The van der Waals surface area contributed by atoms with E-state index in [0.717, 1.165) is 83.5 Å². The first kappa shape index (κ1) is 37.2. The summed E-state index contributed by atoms with van der Waals surface area (Å²) < 4.78 is 5.86. The van der Waals surface area contributed by atoms with Crippen molar-refractivity contribution in [1.82, 2.24) is 0 Å². The van der Waals surface area contributed by atoms with Crippen LogP contribution in [0.5, 0.6) is 0 Å². The number of carboxylic acids is 1. The molecule has 0 aliphatic carbocycles. The monoisotopic (exact) mass is 546 g/mol. The molecule has 39 heavy (non-hydrogen) atoms. The van der Waals surface area contributed by atoms with E-state index in [1.165, 1.54) is 57.8 Å². The van der Waals surface area contributed by atoms with Crippen molar-refractivity contribution < 1.29 is 19.4 Å². The van der Waals surface area contributed by atoms with E-state index in [9.17, 15) is 9.59 Å². The number of esters is 1. The summed E-state index contributed by atoms with van der Waals surface area (Å²) in [7, 11) is 0. The van der Waals surface area contributed by atoms with Crippen LogP contribution in [0.25, 0.3) is 0 Å². The molecule has 0 spiro atoms. The van der Waals surface area contributed by atoms with Gasteiger partial charge in [-0.1, -0.05) is 127 Å². The average molecular weight is 547 g/mol. The predicted molar refractivity (Wildman–Crippen MR) is 167 cm³/mol. The predicted octanol–water partition coefficient (Wildman–Crippen LogP) is 11.1. The van der Waals surface area contributed by atoms with Gasteiger partial charge in [0.25, 0.3) is 0 Å². The molecule has 0 radical (unpaired) electrons. The number of aliphatic carboxylic acids is 1. The zero-order valence-corrected chi connectivity index (χ0v) is 25.7. The van der Waals surface area contributed by atoms with Gasteiger partial charge in [-0.2, -0.15) is 0 Å². The third kappa shape index (κ3) is 30.6. The summed E-state index contributed by atoms with van der Waals surface area (Å²) >= 11 is 0. The van der Waals surface area contributed by atoms with Gasteiger partial charge in [0.15, 0.2) is 0 Å². The van der Waals surface area contributed by atoms with Crippen LogP contribution in [0.3, 0.4) is 0 Å². The largest absolute Gasteiger partial charge is 0.481 e. The van der Waals surface area contributed by atoms with E-state index in [2.05, 4.69) is 50.3 Å². The summed E-state index contributed by atoms with van der Waals surface area (Å²) in [6, 6.07) is 0. The molecule has 0 saturated heterocycles. The van der Waals surface area contributed by atoms with Gasteiger partial charge in [0.2, 0.25) is 0 Å². The van der Waals surface area contributed by atoms with Gasteiger partial charge in [-0.25, -0.2) is 0 Å². The van der Waals surface area contributed by atoms with E-state index < -0.39 is 5.97 Å². The minimum atomic E-state index is -0.692. The molecule has 0 aromatic heterocycles. The van der Waals surface area contributed by atoms with E-state index in [1.807, 2.05) is 0 Å². The second-order valence-electron chi connectivity index (χ2n) is 11.0. The van der Waals surface area contributed by atoms with Gasteiger partial charge in [-0.05, 0) is 64.2 Å². The lowest BCUT2D eigenvalue weighted by Crippen LogP contribution is -2.18. The van der Waals surface area contributed by atoms with E-state index in [1.54, 1.807) is 0 Å². The molecule has 0 amide bonds. The van der Waals surface area contributed by atoms with Gasteiger partial charge in [0.05, 0.1) is 0 Å². The SMILES string of the molecule is CC/C=C\C/C=C\C/C=C\CCCCCCCCCC(=O)OC(CCCC)CCCCCCCCCC(=O)O. The first-order valence-electron chi connectivity index (χ1n) is 16.5. The van der Waals surface area contributed by atoms with Gasteiger partial charge < -0.3 is 9.84 Å². The molecule has 0 saturated carbocycles. The Morgan fingerprint density at radius 2 is 1.08 bits per heavy atom. The van der Waals surface area contributed by atoms with Gasteiger partial charge in [0, 0.05) is 12.8 Å². The molecule has 0 aromatic rings. The standard InChI is InChI=1S/C35H62O4/c1-3-5-7-8-9-10-11-12-13-14-15-16-17-18-22-25-28-32-35(38)39-33(29-6-4-2)30-26-23-20-19-21-24-27-31-34(36)37/h5,7,9-10,12-13,33H,3-4,6,8,11,14-32H2,1-2H3,(H,36,37)/b7-5-,10-9-,13-12-.